The van der Waals surface area contributed by atoms with Gasteiger partial charge in [-0.1, -0.05) is 42.5 Å². The van der Waals surface area contributed by atoms with Gasteiger partial charge in [0.1, 0.15) is 17.4 Å². The van der Waals surface area contributed by atoms with E-state index in [4.69, 9.17) is 9.47 Å². The SMILES string of the molecule is COc1ccc(N2CC=C[C@]34O[C@@H]5C=CCN(c6ccccc6)C(=O)[C@@H]5[C@H]3C(=O)N(CCCCO)C4C2=O)cc1. The fourth-order valence-electron chi connectivity index (χ4n) is 6.60. The van der Waals surface area contributed by atoms with Crippen molar-refractivity contribution >= 4 is 29.1 Å². The van der Waals surface area contributed by atoms with Crippen LogP contribution in [0.15, 0.2) is 78.9 Å². The lowest BCUT2D eigenvalue weighted by Gasteiger charge is -2.35. The maximum Gasteiger partial charge on any atom is 0.253 e. The lowest BCUT2D eigenvalue weighted by atomic mass is 9.77. The first kappa shape index (κ1) is 26.3. The van der Waals surface area contributed by atoms with Crippen LogP contribution in [-0.4, -0.2) is 78.8 Å². The van der Waals surface area contributed by atoms with Crippen LogP contribution in [0.2, 0.25) is 0 Å². The predicted molar refractivity (Wildman–Crippen MR) is 149 cm³/mol. The molecule has 1 unspecified atom stereocenters. The molecule has 2 aromatic carbocycles. The largest absolute Gasteiger partial charge is 0.497 e. The maximum absolute atomic E-state index is 14.4. The summed E-state index contributed by atoms with van der Waals surface area (Å²) in [6.45, 7) is 0.944. The molecule has 4 aliphatic rings. The van der Waals surface area contributed by atoms with Crippen LogP contribution in [0.3, 0.4) is 0 Å². The van der Waals surface area contributed by atoms with Crippen LogP contribution in [0, 0.1) is 11.8 Å². The van der Waals surface area contributed by atoms with Gasteiger partial charge in [0, 0.05) is 37.6 Å². The lowest BCUT2D eigenvalue weighted by Crippen LogP contribution is -2.55. The molecule has 1 N–H and O–H groups in total. The molecule has 2 aromatic rings. The third-order valence-corrected chi connectivity index (χ3v) is 8.42. The van der Waals surface area contributed by atoms with Gasteiger partial charge >= 0.3 is 0 Å². The summed E-state index contributed by atoms with van der Waals surface area (Å²) in [5, 5.41) is 9.40. The van der Waals surface area contributed by atoms with Crippen molar-refractivity contribution in [2.75, 3.05) is 43.2 Å². The fraction of sp³-hybridized carbons (Fsp3) is 0.387. The Labute approximate surface area is 233 Å². The number of likely N-dealkylation sites (tertiary alicyclic amines) is 1. The van der Waals surface area contributed by atoms with E-state index in [0.29, 0.717) is 37.4 Å². The van der Waals surface area contributed by atoms with E-state index in [-0.39, 0.29) is 30.9 Å². The highest BCUT2D eigenvalue weighted by Crippen LogP contribution is 2.53. The number of unbranched alkanes of at least 4 members (excludes halogenated alkanes) is 1. The maximum atomic E-state index is 14.4. The second-order valence-electron chi connectivity index (χ2n) is 10.6. The van der Waals surface area contributed by atoms with E-state index in [0.717, 1.165) is 5.69 Å². The van der Waals surface area contributed by atoms with Crippen molar-refractivity contribution in [2.24, 2.45) is 11.8 Å². The molecule has 208 valence electrons. The molecule has 0 bridgehead atoms. The third-order valence-electron chi connectivity index (χ3n) is 8.42. The second kappa shape index (κ2) is 10.6. The molecule has 4 heterocycles. The summed E-state index contributed by atoms with van der Waals surface area (Å²) >= 11 is 0. The Morgan fingerprint density at radius 3 is 2.33 bits per heavy atom. The number of carbonyl (C=O) groups is 3. The smallest absolute Gasteiger partial charge is 0.253 e. The van der Waals surface area contributed by atoms with Crippen LogP contribution in [0.25, 0.3) is 0 Å². The lowest BCUT2D eigenvalue weighted by molar-refractivity contribution is -0.140. The minimum absolute atomic E-state index is 0.0103. The zero-order valence-corrected chi connectivity index (χ0v) is 22.4. The third kappa shape index (κ3) is 4.12. The highest BCUT2D eigenvalue weighted by atomic mass is 16.5. The number of rotatable bonds is 7. The van der Waals surface area contributed by atoms with Crippen molar-refractivity contribution in [3.8, 4) is 5.75 Å². The number of carbonyl (C=O) groups excluding carboxylic acids is 3. The highest BCUT2D eigenvalue weighted by molar-refractivity contribution is 6.07. The molecule has 9 nitrogen and oxygen atoms in total. The molecule has 1 spiro atoms. The van der Waals surface area contributed by atoms with E-state index >= 15 is 0 Å². The first-order chi connectivity index (χ1) is 19.5. The highest BCUT2D eigenvalue weighted by Gasteiger charge is 2.71. The Bertz CT molecular complexity index is 1340. The quantitative estimate of drug-likeness (QED) is 0.426. The summed E-state index contributed by atoms with van der Waals surface area (Å²) in [7, 11) is 1.58. The van der Waals surface area contributed by atoms with Crippen molar-refractivity contribution < 1.29 is 29.0 Å². The Morgan fingerprint density at radius 1 is 0.900 bits per heavy atom. The van der Waals surface area contributed by atoms with Crippen LogP contribution in [0.4, 0.5) is 11.4 Å². The number of para-hydroxylation sites is 1. The van der Waals surface area contributed by atoms with Gasteiger partial charge in [0.15, 0.2) is 0 Å². The molecule has 9 heteroatoms. The number of fused-ring (bicyclic) bond motifs is 2. The molecule has 4 aliphatic heterocycles. The standard InChI is InChI=1S/C31H33N3O6/c1-39-23-14-12-22(13-15-23)33-19-8-16-31-26(29(37)34(17-5-6-20-35)27(31)30(33)38)25-24(40-31)11-7-18-32(28(25)36)21-9-3-2-4-10-21/h2-4,7-16,24-27,35H,5-6,17-20H2,1H3/t24-,25+,26+,27?,31+/m1/s1. The Balaban J connectivity index is 1.41. The van der Waals surface area contributed by atoms with Crippen LogP contribution >= 0.6 is 0 Å². The van der Waals surface area contributed by atoms with E-state index in [1.807, 2.05) is 66.8 Å². The van der Waals surface area contributed by atoms with Gasteiger partial charge in [0.25, 0.3) is 5.91 Å². The molecule has 0 saturated carbocycles. The number of benzene rings is 2. The fourth-order valence-corrected chi connectivity index (χ4v) is 6.60. The number of aliphatic hydroxyl groups is 1. The van der Waals surface area contributed by atoms with Crippen LogP contribution in [-0.2, 0) is 19.1 Å². The van der Waals surface area contributed by atoms with Gasteiger partial charge in [0.2, 0.25) is 11.8 Å². The van der Waals surface area contributed by atoms with Crippen LogP contribution in [0.1, 0.15) is 12.8 Å². The molecular weight excluding hydrogens is 510 g/mol. The number of hydrogen-bond donors (Lipinski definition) is 1. The Morgan fingerprint density at radius 2 is 1.60 bits per heavy atom. The monoisotopic (exact) mass is 543 g/mol. The van der Waals surface area contributed by atoms with Gasteiger partial charge < -0.3 is 29.3 Å². The van der Waals surface area contributed by atoms with E-state index < -0.39 is 29.6 Å². The first-order valence-corrected chi connectivity index (χ1v) is 13.8. The Hall–Kier alpha value is -3.95. The van der Waals surface area contributed by atoms with E-state index in [1.165, 1.54) is 0 Å². The zero-order chi connectivity index (χ0) is 27.9. The molecule has 3 amide bonds. The normalized spacial score (nSPS) is 29.2. The number of amides is 3. The summed E-state index contributed by atoms with van der Waals surface area (Å²) < 4.78 is 12.0. The van der Waals surface area contributed by atoms with E-state index in [1.54, 1.807) is 33.9 Å². The van der Waals surface area contributed by atoms with Crippen molar-refractivity contribution in [2.45, 2.75) is 30.6 Å². The summed E-state index contributed by atoms with van der Waals surface area (Å²) in [5.41, 5.74) is 0.139. The van der Waals surface area contributed by atoms with Crippen molar-refractivity contribution in [3.05, 3.63) is 78.9 Å². The van der Waals surface area contributed by atoms with Crippen LogP contribution in [0.5, 0.6) is 5.75 Å². The molecule has 5 atom stereocenters. The number of hydrogen-bond acceptors (Lipinski definition) is 6. The first-order valence-electron chi connectivity index (χ1n) is 13.8. The molecule has 2 fully saturated rings. The van der Waals surface area contributed by atoms with Gasteiger partial charge in [-0.15, -0.1) is 0 Å². The van der Waals surface area contributed by atoms with Gasteiger partial charge in [-0.2, -0.15) is 0 Å². The van der Waals surface area contributed by atoms with Crippen molar-refractivity contribution in [1.29, 1.82) is 0 Å². The van der Waals surface area contributed by atoms with E-state index in [9.17, 15) is 19.5 Å². The summed E-state index contributed by atoms with van der Waals surface area (Å²) in [5.74, 6) is -1.67. The van der Waals surface area contributed by atoms with Gasteiger partial charge in [-0.3, -0.25) is 14.4 Å². The molecule has 2 saturated heterocycles. The average molecular weight is 544 g/mol. The summed E-state index contributed by atoms with van der Waals surface area (Å²) in [4.78, 5) is 47.7. The summed E-state index contributed by atoms with van der Waals surface area (Å²) in [6, 6.07) is 15.7. The minimum Gasteiger partial charge on any atom is -0.497 e. The number of nitrogens with zero attached hydrogens (tertiary/aromatic N) is 3. The zero-order valence-electron chi connectivity index (χ0n) is 22.4. The number of methoxy groups -OCH3 is 1. The summed E-state index contributed by atoms with van der Waals surface area (Å²) in [6.07, 6.45) is 7.86. The van der Waals surface area contributed by atoms with Crippen LogP contribution < -0.4 is 14.5 Å². The molecule has 6 rings (SSSR count). The molecule has 0 aliphatic carbocycles. The van der Waals surface area contributed by atoms with Gasteiger partial charge in [-0.25, -0.2) is 0 Å². The molecule has 0 aromatic heterocycles. The number of aliphatic hydroxyl groups excluding tert-OH is 1. The predicted octanol–water partition coefficient (Wildman–Crippen LogP) is 2.55. The molecular formula is C31H33N3O6. The number of anilines is 2. The van der Waals surface area contributed by atoms with Crippen molar-refractivity contribution in [1.82, 2.24) is 4.90 Å². The Kier molecular flexibility index (Phi) is 6.93. The topological polar surface area (TPSA) is 99.6 Å². The number of ether oxygens (including phenoxy) is 2. The van der Waals surface area contributed by atoms with Gasteiger partial charge in [0.05, 0.1) is 25.0 Å². The minimum atomic E-state index is -1.29. The van der Waals surface area contributed by atoms with Crippen molar-refractivity contribution in [3.63, 3.8) is 0 Å². The van der Waals surface area contributed by atoms with Gasteiger partial charge in [-0.05, 0) is 49.2 Å². The molecule has 40 heavy (non-hydrogen) atoms. The second-order valence-corrected chi connectivity index (χ2v) is 10.6. The van der Waals surface area contributed by atoms with E-state index in [2.05, 4.69) is 0 Å². The average Bonchev–Trinajstić information content (AvgIpc) is 3.28. The molecule has 0 radical (unpaired) electrons.